The highest BCUT2D eigenvalue weighted by molar-refractivity contribution is 6.29. The Kier molecular flexibility index (Phi) is 3.77. The average Bonchev–Trinajstić information content (AvgIpc) is 3.13. The fourth-order valence-electron chi connectivity index (χ4n) is 6.27. The molecule has 7 aromatic rings. The summed E-state index contributed by atoms with van der Waals surface area (Å²) in [4.78, 5) is 0. The second-order valence-electron chi connectivity index (χ2n) is 11.2. The summed E-state index contributed by atoms with van der Waals surface area (Å²) < 4.78 is 4.86. The van der Waals surface area contributed by atoms with Gasteiger partial charge in [0.25, 0.3) is 0 Å². The number of nitrogens with zero attached hydrogens (tertiary/aromatic N) is 2. The summed E-state index contributed by atoms with van der Waals surface area (Å²) >= 11 is 0. The summed E-state index contributed by atoms with van der Waals surface area (Å²) in [5.74, 6) is 0. The summed E-state index contributed by atoms with van der Waals surface area (Å²) in [6, 6.07) is 25.1. The van der Waals surface area contributed by atoms with E-state index in [2.05, 4.69) is 117 Å². The van der Waals surface area contributed by atoms with Crippen LogP contribution in [0.3, 0.4) is 0 Å². The molecule has 0 saturated heterocycles. The highest BCUT2D eigenvalue weighted by Crippen LogP contribution is 2.43. The summed E-state index contributed by atoms with van der Waals surface area (Å²) in [7, 11) is 2.19. The van der Waals surface area contributed by atoms with Crippen LogP contribution in [0, 0.1) is 12.3 Å². The van der Waals surface area contributed by atoms with Crippen LogP contribution in [0.5, 0.6) is 0 Å². The van der Waals surface area contributed by atoms with E-state index in [1.165, 1.54) is 70.9 Å². The van der Waals surface area contributed by atoms with Crippen molar-refractivity contribution in [1.82, 2.24) is 4.40 Å². The van der Waals surface area contributed by atoms with Gasteiger partial charge in [-0.25, -0.2) is 4.57 Å². The lowest BCUT2D eigenvalue weighted by Crippen LogP contribution is -2.29. The Balaban J connectivity index is 1.85. The van der Waals surface area contributed by atoms with Crippen molar-refractivity contribution in [2.24, 2.45) is 12.5 Å². The quantitative estimate of drug-likeness (QED) is 0.139. The molecule has 166 valence electrons. The van der Waals surface area contributed by atoms with Gasteiger partial charge in [-0.05, 0) is 52.8 Å². The van der Waals surface area contributed by atoms with Crippen LogP contribution in [0.25, 0.3) is 59.8 Å². The van der Waals surface area contributed by atoms with Crippen LogP contribution in [-0.2, 0) is 13.5 Å². The second kappa shape index (κ2) is 6.48. The van der Waals surface area contributed by atoms with Crippen LogP contribution in [0.15, 0.2) is 72.9 Å². The Bertz CT molecular complexity index is 1930. The number of pyridine rings is 2. The smallest absolute Gasteiger partial charge is 0.224 e. The number of hydrogen-bond donors (Lipinski definition) is 0. The van der Waals surface area contributed by atoms with Gasteiger partial charge in [-0.3, -0.25) is 0 Å². The first-order valence-electron chi connectivity index (χ1n) is 12.2. The van der Waals surface area contributed by atoms with Crippen molar-refractivity contribution in [1.29, 1.82) is 0 Å². The third-order valence-corrected chi connectivity index (χ3v) is 7.59. The van der Waals surface area contributed by atoms with E-state index in [0.29, 0.717) is 0 Å². The molecule has 7 rings (SSSR count). The number of para-hydroxylation sites is 1. The van der Waals surface area contributed by atoms with Crippen molar-refractivity contribution in [3.8, 4) is 0 Å². The molecule has 0 atom stereocenters. The molecule has 0 aliphatic carbocycles. The fraction of sp³-hybridized carbons (Fsp3) is 0.219. The van der Waals surface area contributed by atoms with Crippen molar-refractivity contribution in [2.45, 2.75) is 34.1 Å². The average molecular weight is 442 g/mol. The standard InChI is InChI=1S/C32H29N2/c1-19-13-14-24-22-10-6-7-12-26(22)34-27-17-25-20(18-32(2,3)4)9-8-11-21(25)23-15-16-33(5)31(29(23)27)28(19)30(24)34/h6-17H,18H2,1-5H3/q+1. The van der Waals surface area contributed by atoms with Crippen molar-refractivity contribution >= 4 is 59.8 Å². The third kappa shape index (κ3) is 2.49. The van der Waals surface area contributed by atoms with Gasteiger partial charge in [-0.15, -0.1) is 0 Å². The predicted octanol–water partition coefficient (Wildman–Crippen LogP) is 7.86. The van der Waals surface area contributed by atoms with Gasteiger partial charge in [0.15, 0.2) is 6.20 Å². The molecule has 0 saturated carbocycles. The minimum Gasteiger partial charge on any atom is -0.307 e. The zero-order valence-corrected chi connectivity index (χ0v) is 20.5. The normalized spacial score (nSPS) is 13.0. The van der Waals surface area contributed by atoms with Crippen LogP contribution < -0.4 is 4.57 Å². The first kappa shape index (κ1) is 19.8. The lowest BCUT2D eigenvalue weighted by Gasteiger charge is -2.21. The maximum atomic E-state index is 2.54. The van der Waals surface area contributed by atoms with Gasteiger partial charge in [-0.2, -0.15) is 0 Å². The van der Waals surface area contributed by atoms with Crippen LogP contribution in [0.4, 0.5) is 0 Å². The summed E-state index contributed by atoms with van der Waals surface area (Å²) in [6.07, 6.45) is 3.30. The first-order chi connectivity index (χ1) is 16.3. The number of aryl methyl sites for hydroxylation is 2. The molecule has 2 heteroatoms. The van der Waals surface area contributed by atoms with Crippen LogP contribution in [0.2, 0.25) is 0 Å². The molecule has 0 spiro atoms. The molecule has 0 bridgehead atoms. The maximum absolute atomic E-state index is 2.54. The van der Waals surface area contributed by atoms with E-state index in [-0.39, 0.29) is 5.41 Å². The minimum absolute atomic E-state index is 0.228. The summed E-state index contributed by atoms with van der Waals surface area (Å²) in [5.41, 5.74) is 8.24. The van der Waals surface area contributed by atoms with Gasteiger partial charge >= 0.3 is 0 Å². The van der Waals surface area contributed by atoms with E-state index in [9.17, 15) is 0 Å². The molecule has 0 fully saturated rings. The predicted molar refractivity (Wildman–Crippen MR) is 145 cm³/mol. The van der Waals surface area contributed by atoms with Gasteiger partial charge < -0.3 is 4.40 Å². The van der Waals surface area contributed by atoms with Crippen molar-refractivity contribution in [3.63, 3.8) is 0 Å². The van der Waals surface area contributed by atoms with E-state index in [1.807, 2.05) is 0 Å². The Morgan fingerprint density at radius 1 is 0.735 bits per heavy atom. The van der Waals surface area contributed by atoms with E-state index in [0.717, 1.165) is 6.42 Å². The van der Waals surface area contributed by atoms with Crippen LogP contribution >= 0.6 is 0 Å². The monoisotopic (exact) mass is 441 g/mol. The SMILES string of the molecule is Cc1ccc2c3ccccc3n3c4cc5c(CC(C)(C)C)cccc5c5cc[n+](C)c(c1c23)c54. The Morgan fingerprint density at radius 3 is 2.35 bits per heavy atom. The Hall–Kier alpha value is -3.65. The molecule has 4 aromatic carbocycles. The molecule has 0 radical (unpaired) electrons. The Labute approximate surface area is 199 Å². The number of benzene rings is 4. The van der Waals surface area contributed by atoms with Crippen molar-refractivity contribution in [3.05, 3.63) is 84.1 Å². The summed E-state index contributed by atoms with van der Waals surface area (Å²) in [6.45, 7) is 9.24. The fourth-order valence-corrected chi connectivity index (χ4v) is 6.27. The third-order valence-electron chi connectivity index (χ3n) is 7.59. The molecule has 0 N–H and O–H groups in total. The lowest BCUT2D eigenvalue weighted by molar-refractivity contribution is -0.643. The van der Waals surface area contributed by atoms with E-state index >= 15 is 0 Å². The topological polar surface area (TPSA) is 8.29 Å². The molecule has 3 aromatic heterocycles. The zero-order chi connectivity index (χ0) is 23.4. The maximum Gasteiger partial charge on any atom is 0.224 e. The molecule has 34 heavy (non-hydrogen) atoms. The van der Waals surface area contributed by atoms with Gasteiger partial charge in [0, 0.05) is 22.2 Å². The zero-order valence-electron chi connectivity index (χ0n) is 20.5. The molecule has 0 aliphatic heterocycles. The van der Waals surface area contributed by atoms with Crippen molar-refractivity contribution in [2.75, 3.05) is 0 Å². The first-order valence-corrected chi connectivity index (χ1v) is 12.2. The highest BCUT2D eigenvalue weighted by Gasteiger charge is 2.25. The van der Waals surface area contributed by atoms with Gasteiger partial charge in [-0.1, -0.05) is 69.3 Å². The molecule has 0 aliphatic rings. The van der Waals surface area contributed by atoms with Crippen LogP contribution in [-0.4, -0.2) is 4.40 Å². The molecule has 3 heterocycles. The lowest BCUT2D eigenvalue weighted by atomic mass is 9.85. The van der Waals surface area contributed by atoms with Crippen molar-refractivity contribution < 1.29 is 4.57 Å². The Morgan fingerprint density at radius 2 is 1.53 bits per heavy atom. The van der Waals surface area contributed by atoms with Gasteiger partial charge in [0.05, 0.1) is 27.3 Å². The number of fused-ring (bicyclic) bond motifs is 7. The van der Waals surface area contributed by atoms with E-state index in [4.69, 9.17) is 0 Å². The molecular weight excluding hydrogens is 412 g/mol. The molecular formula is C32H29N2+. The van der Waals surface area contributed by atoms with E-state index in [1.54, 1.807) is 0 Å². The second-order valence-corrected chi connectivity index (χ2v) is 11.2. The summed E-state index contributed by atoms with van der Waals surface area (Å²) in [5, 5.41) is 9.45. The minimum atomic E-state index is 0.228. The highest BCUT2D eigenvalue weighted by atomic mass is 15.0. The molecule has 2 nitrogen and oxygen atoms in total. The largest absolute Gasteiger partial charge is 0.307 e. The van der Waals surface area contributed by atoms with Crippen LogP contribution in [0.1, 0.15) is 31.9 Å². The van der Waals surface area contributed by atoms with Gasteiger partial charge in [0.1, 0.15) is 7.05 Å². The van der Waals surface area contributed by atoms with E-state index < -0.39 is 0 Å². The van der Waals surface area contributed by atoms with Gasteiger partial charge in [0.2, 0.25) is 5.52 Å². The number of aromatic nitrogens is 2. The molecule has 0 amide bonds. The number of hydrogen-bond acceptors (Lipinski definition) is 0. The molecule has 0 unspecified atom stereocenters. The number of rotatable bonds is 1.